The number of aryl methyl sites for hydroxylation is 1. The monoisotopic (exact) mass is 296 g/mol. The molecule has 0 saturated carbocycles. The molecule has 0 fully saturated rings. The molecule has 6 heteroatoms. The van der Waals surface area contributed by atoms with Crippen molar-refractivity contribution in [1.82, 2.24) is 9.97 Å². The van der Waals surface area contributed by atoms with Crippen molar-refractivity contribution in [1.29, 1.82) is 0 Å². The van der Waals surface area contributed by atoms with E-state index >= 15 is 0 Å². The summed E-state index contributed by atoms with van der Waals surface area (Å²) < 4.78 is 24.5. The van der Waals surface area contributed by atoms with E-state index in [0.29, 0.717) is 40.2 Å². The van der Waals surface area contributed by atoms with E-state index in [1.165, 1.54) is 0 Å². The van der Waals surface area contributed by atoms with Crippen molar-refractivity contribution in [2.45, 2.75) is 30.9 Å². The Morgan fingerprint density at radius 1 is 1.30 bits per heavy atom. The maximum absolute atomic E-state index is 12.3. The molecule has 0 amide bonds. The van der Waals surface area contributed by atoms with Gasteiger partial charge in [-0.1, -0.05) is 30.8 Å². The molecule has 106 valence electrons. The lowest BCUT2D eigenvalue weighted by Gasteiger charge is -2.07. The summed E-state index contributed by atoms with van der Waals surface area (Å²) in [5.41, 5.74) is 1.70. The van der Waals surface area contributed by atoms with Crippen LogP contribution in [0.15, 0.2) is 34.0 Å². The van der Waals surface area contributed by atoms with Crippen LogP contribution in [0.3, 0.4) is 0 Å². The van der Waals surface area contributed by atoms with E-state index in [1.807, 2.05) is 6.92 Å². The Morgan fingerprint density at radius 2 is 1.95 bits per heavy atom. The third kappa shape index (κ3) is 3.25. The van der Waals surface area contributed by atoms with Crippen LogP contribution >= 0.6 is 11.8 Å². The van der Waals surface area contributed by atoms with Gasteiger partial charge in [0.2, 0.25) is 0 Å². The molecule has 0 aliphatic rings. The van der Waals surface area contributed by atoms with Gasteiger partial charge in [0, 0.05) is 22.4 Å². The molecular weight excluding hydrogens is 282 g/mol. The Morgan fingerprint density at radius 3 is 2.50 bits per heavy atom. The van der Waals surface area contributed by atoms with Crippen LogP contribution < -0.4 is 5.56 Å². The first-order valence-corrected chi connectivity index (χ1v) is 7.04. The lowest BCUT2D eigenvalue weighted by atomic mass is 10.1. The van der Waals surface area contributed by atoms with Crippen LogP contribution in [0.4, 0.5) is 8.78 Å². The second-order valence-electron chi connectivity index (χ2n) is 4.24. The van der Waals surface area contributed by atoms with Gasteiger partial charge in [-0.15, -0.1) is 0 Å². The Bertz CT molecular complexity index is 653. The predicted octanol–water partition coefficient (Wildman–Crippen LogP) is 3.62. The molecule has 1 heterocycles. The first-order valence-electron chi connectivity index (χ1n) is 6.16. The Labute approximate surface area is 119 Å². The van der Waals surface area contributed by atoms with Crippen LogP contribution in [0.5, 0.6) is 0 Å². The topological polar surface area (TPSA) is 45.8 Å². The number of benzene rings is 1. The normalized spacial score (nSPS) is 11.1. The lowest BCUT2D eigenvalue weighted by Crippen LogP contribution is -2.15. The first-order chi connectivity index (χ1) is 9.51. The standard InChI is InChI=1S/C14H14F2N2OS/c1-3-11-17-12(8(2)13(19)18-11)9-4-6-10(7-5-9)20-14(15)16/h4-7,14H,3H2,1-2H3,(H,17,18,19). The fourth-order valence-electron chi connectivity index (χ4n) is 1.82. The maximum atomic E-state index is 12.3. The number of aromatic nitrogens is 2. The van der Waals surface area contributed by atoms with Gasteiger partial charge >= 0.3 is 0 Å². The van der Waals surface area contributed by atoms with Gasteiger partial charge in [-0.2, -0.15) is 8.78 Å². The highest BCUT2D eigenvalue weighted by molar-refractivity contribution is 7.99. The molecule has 0 spiro atoms. The second-order valence-corrected chi connectivity index (χ2v) is 5.31. The van der Waals surface area contributed by atoms with Crippen LogP contribution in [0.1, 0.15) is 18.3 Å². The third-order valence-corrected chi connectivity index (χ3v) is 3.61. The summed E-state index contributed by atoms with van der Waals surface area (Å²) in [6.07, 6.45) is 0.627. The number of hydrogen-bond donors (Lipinski definition) is 1. The van der Waals surface area contributed by atoms with E-state index in [-0.39, 0.29) is 5.56 Å². The second kappa shape index (κ2) is 6.17. The molecule has 1 N–H and O–H groups in total. The molecule has 0 saturated heterocycles. The predicted molar refractivity (Wildman–Crippen MR) is 76.3 cm³/mol. The summed E-state index contributed by atoms with van der Waals surface area (Å²) in [7, 11) is 0. The zero-order valence-electron chi connectivity index (χ0n) is 11.1. The number of halogens is 2. The average molecular weight is 296 g/mol. The highest BCUT2D eigenvalue weighted by Gasteiger charge is 2.10. The summed E-state index contributed by atoms with van der Waals surface area (Å²) in [5.74, 6) is -1.83. The van der Waals surface area contributed by atoms with Gasteiger partial charge < -0.3 is 4.98 Å². The smallest absolute Gasteiger partial charge is 0.288 e. The van der Waals surface area contributed by atoms with Crippen molar-refractivity contribution in [3.05, 3.63) is 46.0 Å². The molecule has 0 bridgehead atoms. The van der Waals surface area contributed by atoms with E-state index < -0.39 is 5.76 Å². The number of alkyl halides is 2. The van der Waals surface area contributed by atoms with E-state index in [2.05, 4.69) is 9.97 Å². The molecule has 1 aromatic heterocycles. The lowest BCUT2D eigenvalue weighted by molar-refractivity contribution is 0.252. The Hall–Kier alpha value is -1.69. The van der Waals surface area contributed by atoms with Crippen LogP contribution in [-0.2, 0) is 6.42 Å². The van der Waals surface area contributed by atoms with Crippen molar-refractivity contribution < 1.29 is 8.78 Å². The molecule has 3 nitrogen and oxygen atoms in total. The van der Waals surface area contributed by atoms with Crippen molar-refractivity contribution in [2.75, 3.05) is 0 Å². The van der Waals surface area contributed by atoms with Crippen LogP contribution in [0, 0.1) is 6.92 Å². The quantitative estimate of drug-likeness (QED) is 0.876. The number of nitrogens with one attached hydrogen (secondary N) is 1. The molecule has 0 aliphatic carbocycles. The van der Waals surface area contributed by atoms with Crippen LogP contribution in [0.2, 0.25) is 0 Å². The van der Waals surface area contributed by atoms with E-state index in [1.54, 1.807) is 31.2 Å². The molecule has 1 aromatic carbocycles. The van der Waals surface area contributed by atoms with Gasteiger partial charge in [0.25, 0.3) is 11.3 Å². The van der Waals surface area contributed by atoms with Crippen molar-refractivity contribution in [3.63, 3.8) is 0 Å². The van der Waals surface area contributed by atoms with Gasteiger partial charge in [-0.05, 0) is 19.1 Å². The summed E-state index contributed by atoms with van der Waals surface area (Å²) in [6.45, 7) is 3.60. The number of H-pyrrole nitrogens is 1. The summed E-state index contributed by atoms with van der Waals surface area (Å²) in [6, 6.07) is 6.64. The van der Waals surface area contributed by atoms with Crippen molar-refractivity contribution in [2.24, 2.45) is 0 Å². The van der Waals surface area contributed by atoms with Crippen molar-refractivity contribution in [3.8, 4) is 11.3 Å². The Balaban J connectivity index is 2.41. The molecule has 0 radical (unpaired) electrons. The summed E-state index contributed by atoms with van der Waals surface area (Å²) in [5, 5.41) is 0. The molecule has 0 atom stereocenters. The minimum atomic E-state index is -2.44. The molecular formula is C14H14F2N2OS. The van der Waals surface area contributed by atoms with E-state index in [0.717, 1.165) is 5.56 Å². The zero-order chi connectivity index (χ0) is 14.7. The number of hydrogen-bond acceptors (Lipinski definition) is 3. The summed E-state index contributed by atoms with van der Waals surface area (Å²) >= 11 is 0.496. The average Bonchev–Trinajstić information content (AvgIpc) is 2.42. The fourth-order valence-corrected chi connectivity index (χ4v) is 2.32. The van der Waals surface area contributed by atoms with Crippen molar-refractivity contribution >= 4 is 11.8 Å². The molecule has 0 unspecified atom stereocenters. The van der Waals surface area contributed by atoms with Gasteiger partial charge in [0.05, 0.1) is 5.69 Å². The van der Waals surface area contributed by atoms with Crippen LogP contribution in [0.25, 0.3) is 11.3 Å². The molecule has 20 heavy (non-hydrogen) atoms. The Kier molecular flexibility index (Phi) is 4.54. The first kappa shape index (κ1) is 14.7. The number of rotatable bonds is 4. The van der Waals surface area contributed by atoms with Gasteiger partial charge in [-0.3, -0.25) is 4.79 Å². The maximum Gasteiger partial charge on any atom is 0.288 e. The largest absolute Gasteiger partial charge is 0.310 e. The van der Waals surface area contributed by atoms with E-state index in [9.17, 15) is 13.6 Å². The molecule has 0 aliphatic heterocycles. The van der Waals surface area contributed by atoms with Gasteiger partial charge in [0.15, 0.2) is 0 Å². The molecule has 2 aromatic rings. The number of aromatic amines is 1. The van der Waals surface area contributed by atoms with Gasteiger partial charge in [-0.25, -0.2) is 4.98 Å². The minimum Gasteiger partial charge on any atom is -0.310 e. The molecule has 2 rings (SSSR count). The number of thioether (sulfide) groups is 1. The summed E-state index contributed by atoms with van der Waals surface area (Å²) in [4.78, 5) is 19.4. The third-order valence-electron chi connectivity index (χ3n) is 2.89. The zero-order valence-corrected chi connectivity index (χ0v) is 11.9. The highest BCUT2D eigenvalue weighted by Crippen LogP contribution is 2.27. The van der Waals surface area contributed by atoms with Gasteiger partial charge in [0.1, 0.15) is 5.82 Å². The number of nitrogens with zero attached hydrogens (tertiary/aromatic N) is 1. The SMILES string of the molecule is CCc1nc(-c2ccc(SC(F)F)cc2)c(C)c(=O)[nH]1. The fraction of sp³-hybridized carbons (Fsp3) is 0.286. The van der Waals surface area contributed by atoms with Crippen LogP contribution in [-0.4, -0.2) is 15.7 Å². The highest BCUT2D eigenvalue weighted by atomic mass is 32.2. The van der Waals surface area contributed by atoms with E-state index in [4.69, 9.17) is 0 Å². The minimum absolute atomic E-state index is 0.169.